The maximum atomic E-state index is 13.3. The maximum absolute atomic E-state index is 13.3. The van der Waals surface area contributed by atoms with Gasteiger partial charge in [0.15, 0.2) is 0 Å². The van der Waals surface area contributed by atoms with Crippen LogP contribution in [0.2, 0.25) is 0 Å². The highest BCUT2D eigenvalue weighted by molar-refractivity contribution is 6.05. The lowest BCUT2D eigenvalue weighted by atomic mass is 9.87. The first-order chi connectivity index (χ1) is 20.0. The number of aryl methyl sites for hydroxylation is 2. The molecule has 3 amide bonds. The van der Waals surface area contributed by atoms with E-state index in [0.717, 1.165) is 48.1 Å². The lowest BCUT2D eigenvalue weighted by Crippen LogP contribution is -2.47. The minimum Gasteiger partial charge on any atom is -0.478 e. The van der Waals surface area contributed by atoms with Gasteiger partial charge in [-0.2, -0.15) is 0 Å². The lowest BCUT2D eigenvalue weighted by molar-refractivity contribution is 0.0697. The second kappa shape index (κ2) is 13.1. The monoisotopic (exact) mass is 570 g/mol. The predicted octanol–water partition coefficient (Wildman–Crippen LogP) is 7.17. The summed E-state index contributed by atoms with van der Waals surface area (Å²) in [5.74, 6) is -1.34. The van der Waals surface area contributed by atoms with Gasteiger partial charge in [0.2, 0.25) is 0 Å². The van der Waals surface area contributed by atoms with Crippen molar-refractivity contribution < 1.29 is 19.5 Å². The fourth-order valence-electron chi connectivity index (χ4n) is 5.34. The number of carboxylic acids is 1. The highest BCUT2D eigenvalue weighted by Gasteiger charge is 2.26. The number of nitrogens with zero attached hydrogens (tertiary/aromatic N) is 1. The highest BCUT2D eigenvalue weighted by Crippen LogP contribution is 2.27. The van der Waals surface area contributed by atoms with E-state index >= 15 is 0 Å². The van der Waals surface area contributed by atoms with Gasteiger partial charge in [-0.3, -0.25) is 4.79 Å². The Morgan fingerprint density at radius 3 is 2.19 bits per heavy atom. The number of piperidine rings is 1. The van der Waals surface area contributed by atoms with Gasteiger partial charge >= 0.3 is 12.0 Å². The zero-order chi connectivity index (χ0) is 30.4. The Morgan fingerprint density at radius 2 is 1.60 bits per heavy atom. The number of nitrogens with one attached hydrogen (secondary N) is 3. The Balaban J connectivity index is 1.47. The minimum atomic E-state index is -1.07. The molecule has 1 fully saturated rings. The molecular weight excluding hydrogens is 528 g/mol. The molecule has 222 valence electrons. The molecule has 3 aromatic carbocycles. The third-order valence-electron chi connectivity index (χ3n) is 7.82. The van der Waals surface area contributed by atoms with E-state index in [1.165, 1.54) is 6.07 Å². The molecule has 0 aliphatic carbocycles. The molecule has 0 spiro atoms. The molecule has 1 unspecified atom stereocenters. The molecular formula is C34H42N4O4. The van der Waals surface area contributed by atoms with Crippen LogP contribution in [0, 0.1) is 0 Å². The summed E-state index contributed by atoms with van der Waals surface area (Å²) in [6.07, 6.45) is 3.21. The third-order valence-corrected chi connectivity index (χ3v) is 7.82. The lowest BCUT2D eigenvalue weighted by Gasteiger charge is -2.34. The van der Waals surface area contributed by atoms with Gasteiger partial charge in [-0.25, -0.2) is 9.59 Å². The van der Waals surface area contributed by atoms with Gasteiger partial charge in [-0.1, -0.05) is 65.0 Å². The van der Waals surface area contributed by atoms with E-state index in [2.05, 4.69) is 50.6 Å². The van der Waals surface area contributed by atoms with Crippen LogP contribution in [0.15, 0.2) is 60.7 Å². The molecule has 0 bridgehead atoms. The van der Waals surface area contributed by atoms with Crippen molar-refractivity contribution in [3.8, 4) is 0 Å². The van der Waals surface area contributed by atoms with Crippen molar-refractivity contribution in [1.82, 2.24) is 4.90 Å². The molecule has 3 aromatic rings. The number of amides is 3. The second-order valence-electron chi connectivity index (χ2n) is 11.9. The van der Waals surface area contributed by atoms with Crippen LogP contribution in [-0.2, 0) is 18.3 Å². The Labute approximate surface area is 248 Å². The Morgan fingerprint density at radius 1 is 0.929 bits per heavy atom. The topological polar surface area (TPSA) is 111 Å². The molecule has 0 radical (unpaired) electrons. The van der Waals surface area contributed by atoms with E-state index in [1.807, 2.05) is 30.3 Å². The number of rotatable bonds is 8. The normalized spacial score (nSPS) is 15.2. The van der Waals surface area contributed by atoms with Gasteiger partial charge in [0, 0.05) is 36.1 Å². The molecule has 8 heteroatoms. The van der Waals surface area contributed by atoms with Crippen molar-refractivity contribution in [2.45, 2.75) is 71.8 Å². The Hall–Kier alpha value is -4.33. The molecule has 4 N–H and O–H groups in total. The van der Waals surface area contributed by atoms with E-state index in [1.54, 1.807) is 29.2 Å². The highest BCUT2D eigenvalue weighted by atomic mass is 16.4. The fourth-order valence-corrected chi connectivity index (χ4v) is 5.34. The summed E-state index contributed by atoms with van der Waals surface area (Å²) in [5.41, 5.74) is 5.71. The molecule has 1 saturated heterocycles. The van der Waals surface area contributed by atoms with Crippen LogP contribution >= 0.6 is 0 Å². The van der Waals surface area contributed by atoms with Crippen LogP contribution in [0.1, 0.15) is 84.9 Å². The predicted molar refractivity (Wildman–Crippen MR) is 169 cm³/mol. The summed E-state index contributed by atoms with van der Waals surface area (Å²) >= 11 is 0. The average Bonchev–Trinajstić information content (AvgIpc) is 2.97. The first-order valence-corrected chi connectivity index (χ1v) is 14.7. The number of aromatic carboxylic acids is 1. The molecule has 8 nitrogen and oxygen atoms in total. The van der Waals surface area contributed by atoms with Crippen LogP contribution in [0.4, 0.5) is 21.9 Å². The first-order valence-electron chi connectivity index (χ1n) is 14.7. The first kappa shape index (κ1) is 30.6. The van der Waals surface area contributed by atoms with Crippen molar-refractivity contribution in [1.29, 1.82) is 0 Å². The van der Waals surface area contributed by atoms with Crippen molar-refractivity contribution >= 4 is 35.0 Å². The van der Waals surface area contributed by atoms with Crippen molar-refractivity contribution in [3.05, 3.63) is 88.5 Å². The largest absolute Gasteiger partial charge is 0.478 e. The standard InChI is InChI=1S/C34H42N4O4/c1-6-22-10-8-11-23(7-2)30(22)37-33(42)38-19-9-12-27(21-38)35-29-20-26(17-18-28(29)32(40)41)36-31(39)24-13-15-25(16-14-24)34(3,4)5/h8,10-11,13-18,20,27,35H,6-7,9,12,19,21H2,1-5H3,(H,36,39)(H,37,42)(H,40,41). The Bertz CT molecular complexity index is 1420. The summed E-state index contributed by atoms with van der Waals surface area (Å²) in [6.45, 7) is 11.5. The van der Waals surface area contributed by atoms with Crippen LogP contribution in [0.3, 0.4) is 0 Å². The third kappa shape index (κ3) is 7.29. The fraction of sp³-hybridized carbons (Fsp3) is 0.382. The molecule has 1 aliphatic heterocycles. The SMILES string of the molecule is CCc1cccc(CC)c1NC(=O)N1CCCC(Nc2cc(NC(=O)c3ccc(C(C)(C)C)cc3)ccc2C(=O)O)C1. The van der Waals surface area contributed by atoms with Gasteiger partial charge in [-0.15, -0.1) is 0 Å². The van der Waals surface area contributed by atoms with E-state index in [9.17, 15) is 19.5 Å². The number of benzene rings is 3. The van der Waals surface area contributed by atoms with Crippen molar-refractivity contribution in [2.75, 3.05) is 29.0 Å². The van der Waals surface area contributed by atoms with Crippen LogP contribution in [0.25, 0.3) is 0 Å². The molecule has 4 rings (SSSR count). The van der Waals surface area contributed by atoms with Crippen molar-refractivity contribution in [2.24, 2.45) is 0 Å². The summed E-state index contributed by atoms with van der Waals surface area (Å²) in [7, 11) is 0. The van der Waals surface area contributed by atoms with Crippen molar-refractivity contribution in [3.63, 3.8) is 0 Å². The number of hydrogen-bond acceptors (Lipinski definition) is 4. The van der Waals surface area contributed by atoms with E-state index in [-0.39, 0.29) is 29.0 Å². The average molecular weight is 571 g/mol. The molecule has 1 aliphatic rings. The molecule has 0 aromatic heterocycles. The number of para-hydroxylation sites is 1. The smallest absolute Gasteiger partial charge is 0.337 e. The number of likely N-dealkylation sites (tertiary alicyclic amines) is 1. The van der Waals surface area contributed by atoms with E-state index in [0.29, 0.717) is 30.0 Å². The van der Waals surface area contributed by atoms with E-state index < -0.39 is 5.97 Å². The molecule has 1 heterocycles. The zero-order valence-corrected chi connectivity index (χ0v) is 25.2. The van der Waals surface area contributed by atoms with Crippen LogP contribution < -0.4 is 16.0 Å². The molecule has 1 atom stereocenters. The number of urea groups is 1. The van der Waals surface area contributed by atoms with Crippen LogP contribution in [0.5, 0.6) is 0 Å². The summed E-state index contributed by atoms with van der Waals surface area (Å²) < 4.78 is 0. The van der Waals surface area contributed by atoms with Gasteiger partial charge in [0.05, 0.1) is 11.3 Å². The number of carbonyl (C=O) groups is 3. The van der Waals surface area contributed by atoms with E-state index in [4.69, 9.17) is 0 Å². The molecule has 0 saturated carbocycles. The van der Waals surface area contributed by atoms with Gasteiger partial charge < -0.3 is 26.0 Å². The quantitative estimate of drug-likeness (QED) is 0.230. The number of carbonyl (C=O) groups excluding carboxylic acids is 2. The summed E-state index contributed by atoms with van der Waals surface area (Å²) in [6, 6.07) is 18.0. The summed E-state index contributed by atoms with van der Waals surface area (Å²) in [5, 5.41) is 19.2. The van der Waals surface area contributed by atoms with Gasteiger partial charge in [0.25, 0.3) is 5.91 Å². The van der Waals surface area contributed by atoms with Crippen LogP contribution in [-0.4, -0.2) is 47.0 Å². The summed E-state index contributed by atoms with van der Waals surface area (Å²) in [4.78, 5) is 40.1. The zero-order valence-electron chi connectivity index (χ0n) is 25.2. The van der Waals surface area contributed by atoms with Gasteiger partial charge in [-0.05, 0) is 78.1 Å². The number of carboxylic acid groups (broad SMARTS) is 1. The second-order valence-corrected chi connectivity index (χ2v) is 11.9. The minimum absolute atomic E-state index is 0.0178. The number of hydrogen-bond donors (Lipinski definition) is 4. The molecule has 42 heavy (non-hydrogen) atoms. The number of anilines is 3. The Kier molecular flexibility index (Phi) is 9.55. The van der Waals surface area contributed by atoms with Gasteiger partial charge in [0.1, 0.15) is 0 Å². The maximum Gasteiger partial charge on any atom is 0.337 e.